The molecule has 4 atom stereocenters. The maximum atomic E-state index is 15.7. The van der Waals surface area contributed by atoms with E-state index in [0.717, 1.165) is 18.5 Å². The molecule has 2 saturated heterocycles. The predicted octanol–water partition coefficient (Wildman–Crippen LogP) is 4.71. The normalized spacial score (nSPS) is 31.3. The van der Waals surface area contributed by atoms with Crippen molar-refractivity contribution in [2.45, 2.75) is 57.2 Å². The lowest BCUT2D eigenvalue weighted by Gasteiger charge is -2.50. The number of carbonyl (C=O) groups excluding carboxylic acids is 1. The fraction of sp³-hybridized carbons (Fsp3) is 0.571. The number of amides is 1. The summed E-state index contributed by atoms with van der Waals surface area (Å²) < 4.78 is 21.1. The van der Waals surface area contributed by atoms with E-state index >= 15 is 4.39 Å². The highest BCUT2D eigenvalue weighted by Crippen LogP contribution is 2.40. The molecule has 0 aromatic heterocycles. The van der Waals surface area contributed by atoms with Crippen LogP contribution in [0.4, 0.5) is 9.18 Å². The van der Waals surface area contributed by atoms with Gasteiger partial charge in [0, 0.05) is 25.0 Å². The molecule has 29 heavy (non-hydrogen) atoms. The number of benzene rings is 1. The van der Waals surface area contributed by atoms with Crippen LogP contribution in [0.2, 0.25) is 0 Å². The van der Waals surface area contributed by atoms with Crippen molar-refractivity contribution in [1.29, 1.82) is 0 Å². The van der Waals surface area contributed by atoms with Gasteiger partial charge >= 0.3 is 6.09 Å². The molecule has 3 heterocycles. The second kappa shape index (κ2) is 8.03. The molecule has 3 aliphatic rings. The fourth-order valence-electron chi connectivity index (χ4n) is 4.61. The predicted molar refractivity (Wildman–Crippen MR) is 108 cm³/mol. The Bertz CT molecular complexity index is 816. The largest absolute Gasteiger partial charge is 0.445 e. The van der Waals surface area contributed by atoms with Crippen molar-refractivity contribution in [3.63, 3.8) is 0 Å². The molecule has 3 aliphatic heterocycles. The lowest BCUT2D eigenvalue weighted by atomic mass is 9.84. The number of likely N-dealkylation sites (tertiary alicyclic amines) is 2. The molecule has 0 bridgehead atoms. The summed E-state index contributed by atoms with van der Waals surface area (Å²) in [6, 6.07) is 9.17. The van der Waals surface area contributed by atoms with Crippen LogP contribution in [0.25, 0.3) is 0 Å². The molecular weight excluding hydrogens is 395 g/mol. The molecule has 0 N–H and O–H groups in total. The first kappa shape index (κ1) is 20.3. The number of fused-ring (bicyclic) bond motifs is 1. The van der Waals surface area contributed by atoms with E-state index in [-0.39, 0.29) is 24.7 Å². The SMILES string of the molecule is CC1(C)[C@H](F)[C@H](N2CCC3C=C(Cl)N=NC32)CCN1C(=O)OCc1ccccc1. The molecule has 8 heteroatoms. The van der Waals surface area contributed by atoms with Gasteiger partial charge in [0.1, 0.15) is 24.1 Å². The van der Waals surface area contributed by atoms with E-state index in [1.165, 1.54) is 4.90 Å². The zero-order valence-electron chi connectivity index (χ0n) is 16.7. The first-order valence-corrected chi connectivity index (χ1v) is 10.4. The van der Waals surface area contributed by atoms with Gasteiger partial charge in [-0.15, -0.1) is 5.11 Å². The molecule has 2 unspecified atom stereocenters. The van der Waals surface area contributed by atoms with Gasteiger partial charge in [-0.3, -0.25) is 4.90 Å². The number of rotatable bonds is 3. The van der Waals surface area contributed by atoms with Crippen molar-refractivity contribution in [2.75, 3.05) is 13.1 Å². The van der Waals surface area contributed by atoms with E-state index in [0.29, 0.717) is 18.1 Å². The fourth-order valence-corrected chi connectivity index (χ4v) is 4.81. The van der Waals surface area contributed by atoms with Crippen LogP contribution in [0.15, 0.2) is 51.8 Å². The van der Waals surface area contributed by atoms with Crippen LogP contribution in [0, 0.1) is 5.92 Å². The first-order chi connectivity index (χ1) is 13.9. The lowest BCUT2D eigenvalue weighted by molar-refractivity contribution is -0.0551. The third-order valence-corrected chi connectivity index (χ3v) is 6.48. The molecular formula is C21H26ClFN4O2. The third kappa shape index (κ3) is 3.90. The van der Waals surface area contributed by atoms with Gasteiger partial charge < -0.3 is 9.64 Å². The Balaban J connectivity index is 1.42. The molecule has 6 nitrogen and oxygen atoms in total. The maximum absolute atomic E-state index is 15.7. The summed E-state index contributed by atoms with van der Waals surface area (Å²) in [6.07, 6.45) is 1.44. The number of piperidine rings is 1. The zero-order valence-corrected chi connectivity index (χ0v) is 17.4. The smallest absolute Gasteiger partial charge is 0.410 e. The average Bonchev–Trinajstić information content (AvgIpc) is 3.11. The Kier molecular flexibility index (Phi) is 5.62. The molecule has 156 valence electrons. The number of ether oxygens (including phenoxy) is 1. The zero-order chi connectivity index (χ0) is 20.6. The number of carbonyl (C=O) groups is 1. The van der Waals surface area contributed by atoms with Crippen LogP contribution in [0.1, 0.15) is 32.3 Å². The molecule has 4 rings (SSSR count). The number of azo groups is 1. The Morgan fingerprint density at radius 3 is 2.79 bits per heavy atom. The van der Waals surface area contributed by atoms with Gasteiger partial charge in [0.25, 0.3) is 0 Å². The van der Waals surface area contributed by atoms with Crippen molar-refractivity contribution in [1.82, 2.24) is 9.80 Å². The van der Waals surface area contributed by atoms with Crippen molar-refractivity contribution < 1.29 is 13.9 Å². The Morgan fingerprint density at radius 1 is 1.28 bits per heavy atom. The van der Waals surface area contributed by atoms with Crippen LogP contribution in [0.3, 0.4) is 0 Å². The van der Waals surface area contributed by atoms with E-state index in [9.17, 15) is 4.79 Å². The minimum Gasteiger partial charge on any atom is -0.445 e. The van der Waals surface area contributed by atoms with Gasteiger partial charge in [-0.1, -0.05) is 41.9 Å². The monoisotopic (exact) mass is 420 g/mol. The van der Waals surface area contributed by atoms with Crippen LogP contribution in [-0.4, -0.2) is 52.9 Å². The summed E-state index contributed by atoms with van der Waals surface area (Å²) in [5, 5.41) is 8.69. The number of hydrogen-bond acceptors (Lipinski definition) is 5. The molecule has 0 radical (unpaired) electrons. The van der Waals surface area contributed by atoms with Crippen LogP contribution in [-0.2, 0) is 11.3 Å². The van der Waals surface area contributed by atoms with E-state index in [1.807, 2.05) is 36.4 Å². The van der Waals surface area contributed by atoms with Gasteiger partial charge in [-0.05, 0) is 38.3 Å². The number of hydrogen-bond donors (Lipinski definition) is 0. The highest BCUT2D eigenvalue weighted by molar-refractivity contribution is 6.29. The highest BCUT2D eigenvalue weighted by Gasteiger charge is 2.52. The summed E-state index contributed by atoms with van der Waals surface area (Å²) >= 11 is 5.97. The van der Waals surface area contributed by atoms with Gasteiger partial charge in [0.15, 0.2) is 0 Å². The van der Waals surface area contributed by atoms with E-state index in [2.05, 4.69) is 15.1 Å². The van der Waals surface area contributed by atoms with Crippen molar-refractivity contribution >= 4 is 17.7 Å². The maximum Gasteiger partial charge on any atom is 0.410 e. The highest BCUT2D eigenvalue weighted by atomic mass is 35.5. The Morgan fingerprint density at radius 2 is 2.03 bits per heavy atom. The average molecular weight is 421 g/mol. The molecule has 1 aromatic carbocycles. The molecule has 1 aromatic rings. The minimum absolute atomic E-state index is 0.171. The standard InChI is InChI=1S/C21H26ClFN4O2/c1-21(2)18(23)16(26-10-8-15-12-17(22)24-25-19(15)26)9-11-27(21)20(28)29-13-14-6-4-3-5-7-14/h3-7,12,15-16,18-19H,8-11,13H2,1-2H3/t15?,16-,18-,19?/m1/s1. The van der Waals surface area contributed by atoms with Gasteiger partial charge in [0.2, 0.25) is 0 Å². The summed E-state index contributed by atoms with van der Waals surface area (Å²) in [4.78, 5) is 16.3. The van der Waals surface area contributed by atoms with E-state index in [4.69, 9.17) is 16.3 Å². The van der Waals surface area contributed by atoms with Crippen LogP contribution < -0.4 is 0 Å². The van der Waals surface area contributed by atoms with Gasteiger partial charge in [-0.2, -0.15) is 5.11 Å². The number of alkyl halides is 1. The lowest BCUT2D eigenvalue weighted by Crippen LogP contribution is -2.65. The van der Waals surface area contributed by atoms with Crippen molar-refractivity contribution in [3.05, 3.63) is 47.1 Å². The Labute approximate surface area is 175 Å². The molecule has 1 amide bonds. The summed E-state index contributed by atoms with van der Waals surface area (Å²) in [5.41, 5.74) is -0.0727. The molecule has 0 spiro atoms. The topological polar surface area (TPSA) is 57.5 Å². The molecule has 0 aliphatic carbocycles. The van der Waals surface area contributed by atoms with Crippen molar-refractivity contribution in [2.24, 2.45) is 16.1 Å². The first-order valence-electron chi connectivity index (χ1n) is 10.0. The number of nitrogens with zero attached hydrogens (tertiary/aromatic N) is 4. The molecule has 0 saturated carbocycles. The van der Waals surface area contributed by atoms with E-state index in [1.54, 1.807) is 13.8 Å². The number of halogens is 2. The van der Waals surface area contributed by atoms with Crippen LogP contribution >= 0.6 is 11.6 Å². The summed E-state index contributed by atoms with van der Waals surface area (Å²) in [6.45, 7) is 4.89. The second-order valence-electron chi connectivity index (χ2n) is 8.41. The third-order valence-electron chi connectivity index (χ3n) is 6.27. The minimum atomic E-state index is -1.23. The molecule has 2 fully saturated rings. The summed E-state index contributed by atoms with van der Waals surface area (Å²) in [7, 11) is 0. The van der Waals surface area contributed by atoms with Gasteiger partial charge in [-0.25, -0.2) is 9.18 Å². The van der Waals surface area contributed by atoms with Crippen LogP contribution in [0.5, 0.6) is 0 Å². The second-order valence-corrected chi connectivity index (χ2v) is 8.80. The Hall–Kier alpha value is -1.99. The quantitative estimate of drug-likeness (QED) is 0.665. The van der Waals surface area contributed by atoms with Crippen molar-refractivity contribution in [3.8, 4) is 0 Å². The summed E-state index contributed by atoms with van der Waals surface area (Å²) in [5.74, 6) is 0.171. The van der Waals surface area contributed by atoms with E-state index < -0.39 is 17.8 Å². The van der Waals surface area contributed by atoms with Gasteiger partial charge in [0.05, 0.1) is 5.54 Å².